The first-order valence-electron chi connectivity index (χ1n) is 12.0. The fourth-order valence-corrected chi connectivity index (χ4v) is 4.85. The third-order valence-corrected chi connectivity index (χ3v) is 6.54. The summed E-state index contributed by atoms with van der Waals surface area (Å²) in [6.45, 7) is 5.57. The highest BCUT2D eigenvalue weighted by atomic mass is 16.5. The van der Waals surface area contributed by atoms with Gasteiger partial charge in [-0.15, -0.1) is 10.2 Å². The lowest BCUT2D eigenvalue weighted by Gasteiger charge is -2.14. The van der Waals surface area contributed by atoms with Crippen LogP contribution in [-0.4, -0.2) is 19.7 Å². The van der Waals surface area contributed by atoms with Crippen molar-refractivity contribution in [3.8, 4) is 5.75 Å². The van der Waals surface area contributed by atoms with Crippen molar-refractivity contribution < 1.29 is 9.15 Å². The van der Waals surface area contributed by atoms with Crippen LogP contribution in [0.5, 0.6) is 5.75 Å². The molecule has 35 heavy (non-hydrogen) atoms. The molecule has 0 atom stereocenters. The molecule has 0 aliphatic carbocycles. The fraction of sp³-hybridized carbons (Fsp3) is 0.207. The fourth-order valence-electron chi connectivity index (χ4n) is 4.85. The predicted octanol–water partition coefficient (Wildman–Crippen LogP) is 6.21. The number of fused-ring (bicyclic) bond motifs is 3. The molecule has 0 saturated carbocycles. The molecule has 1 aliphatic rings. The summed E-state index contributed by atoms with van der Waals surface area (Å²) in [5.41, 5.74) is 8.90. The van der Waals surface area contributed by atoms with Gasteiger partial charge in [-0.3, -0.25) is 0 Å². The van der Waals surface area contributed by atoms with Crippen molar-refractivity contribution in [1.82, 2.24) is 19.7 Å². The number of rotatable bonds is 5. The third kappa shape index (κ3) is 3.91. The van der Waals surface area contributed by atoms with Gasteiger partial charge in [0.25, 0.3) is 0 Å². The minimum Gasteiger partial charge on any atom is -0.488 e. The van der Waals surface area contributed by atoms with Crippen molar-refractivity contribution in [2.45, 2.75) is 39.8 Å². The minimum absolute atomic E-state index is 0.467. The lowest BCUT2D eigenvalue weighted by molar-refractivity contribution is 0.307. The summed E-state index contributed by atoms with van der Waals surface area (Å²) in [5, 5.41) is 7.95. The summed E-state index contributed by atoms with van der Waals surface area (Å²) in [5.74, 6) is 2.43. The van der Waals surface area contributed by atoms with Gasteiger partial charge in [-0.1, -0.05) is 49.4 Å². The van der Waals surface area contributed by atoms with E-state index in [1.54, 1.807) is 0 Å². The highest BCUT2D eigenvalue weighted by Crippen LogP contribution is 2.38. The summed E-state index contributed by atoms with van der Waals surface area (Å²) >= 11 is 0. The molecule has 6 rings (SSSR count). The zero-order valence-corrected chi connectivity index (χ0v) is 19.9. The molecule has 2 aromatic heterocycles. The molecule has 0 N–H and O–H groups in total. The summed E-state index contributed by atoms with van der Waals surface area (Å²) in [7, 11) is 0. The van der Waals surface area contributed by atoms with E-state index in [9.17, 15) is 0 Å². The van der Waals surface area contributed by atoms with Crippen LogP contribution in [0, 0.1) is 6.92 Å². The number of hydrogen-bond donors (Lipinski definition) is 0. The number of hydrogen-bond acceptors (Lipinski definition) is 5. The maximum Gasteiger partial charge on any atom is 0.240 e. The molecule has 0 saturated heterocycles. The van der Waals surface area contributed by atoms with Gasteiger partial charge < -0.3 is 13.7 Å². The van der Waals surface area contributed by atoms with Crippen LogP contribution in [0.15, 0.2) is 71.5 Å². The van der Waals surface area contributed by atoms with Crippen molar-refractivity contribution >= 4 is 22.7 Å². The van der Waals surface area contributed by atoms with Crippen LogP contribution in [0.3, 0.4) is 0 Å². The number of benzene rings is 3. The van der Waals surface area contributed by atoms with Crippen LogP contribution in [-0.2, 0) is 19.6 Å². The highest BCUT2D eigenvalue weighted by Gasteiger charge is 2.21. The molecular weight excluding hydrogens is 436 g/mol. The lowest BCUT2D eigenvalue weighted by Crippen LogP contribution is -2.06. The van der Waals surface area contributed by atoms with E-state index in [2.05, 4.69) is 77.1 Å². The quantitative estimate of drug-likeness (QED) is 0.311. The molecule has 0 radical (unpaired) electrons. The molecule has 0 unspecified atom stereocenters. The first-order chi connectivity index (χ1) is 17.2. The number of nitrogens with zero attached hydrogens (tertiary/aromatic N) is 4. The van der Waals surface area contributed by atoms with Gasteiger partial charge in [0.1, 0.15) is 18.2 Å². The lowest BCUT2D eigenvalue weighted by atomic mass is 9.93. The second-order valence-electron chi connectivity index (χ2n) is 8.92. The first kappa shape index (κ1) is 21.4. The van der Waals surface area contributed by atoms with Crippen LogP contribution in [0.25, 0.3) is 22.7 Å². The Hall–Kier alpha value is -4.19. The third-order valence-electron chi connectivity index (χ3n) is 6.54. The second kappa shape index (κ2) is 8.87. The largest absolute Gasteiger partial charge is 0.488 e. The van der Waals surface area contributed by atoms with Gasteiger partial charge in [-0.2, -0.15) is 0 Å². The topological polar surface area (TPSA) is 66.0 Å². The van der Waals surface area contributed by atoms with Crippen molar-refractivity contribution in [3.05, 3.63) is 107 Å². The van der Waals surface area contributed by atoms with E-state index in [-0.39, 0.29) is 0 Å². The molecular formula is C29H26N4O2. The monoisotopic (exact) mass is 462 g/mol. The Bertz CT molecular complexity index is 1550. The minimum atomic E-state index is 0.467. The standard InChI is InChI=1S/C29H26N4O2/c1-3-7-27-31-29-19(2)8-6-11-25(29)33(27)16-20-12-13-26-24(14-20)23(15-28-32-30-18-35-28)22-10-5-4-9-21(22)17-34-26/h4-6,8-15,18H,3,7,16-17H2,1-2H3/b23-15+. The number of para-hydroxylation sites is 1. The van der Waals surface area contributed by atoms with E-state index in [1.165, 1.54) is 23.0 Å². The zero-order chi connectivity index (χ0) is 23.8. The highest BCUT2D eigenvalue weighted by molar-refractivity contribution is 5.93. The molecule has 0 spiro atoms. The maximum absolute atomic E-state index is 6.24. The van der Waals surface area contributed by atoms with Crippen LogP contribution >= 0.6 is 0 Å². The predicted molar refractivity (Wildman–Crippen MR) is 136 cm³/mol. The normalized spacial score (nSPS) is 13.9. The summed E-state index contributed by atoms with van der Waals surface area (Å²) < 4.78 is 14.1. The average Bonchev–Trinajstić information content (AvgIpc) is 3.48. The van der Waals surface area contributed by atoms with Crippen LogP contribution in [0.2, 0.25) is 0 Å². The second-order valence-corrected chi connectivity index (χ2v) is 8.92. The van der Waals surface area contributed by atoms with Gasteiger partial charge in [-0.05, 0) is 59.4 Å². The maximum atomic E-state index is 6.24. The Kier molecular flexibility index (Phi) is 5.41. The molecule has 6 heteroatoms. The molecule has 0 bridgehead atoms. The SMILES string of the molecule is CCCc1nc2c(C)cccc2n1Cc1ccc2c(c1)/C(=C/c1nnco1)c1ccccc1CO2. The zero-order valence-electron chi connectivity index (χ0n) is 19.9. The van der Waals surface area contributed by atoms with Gasteiger partial charge in [0, 0.05) is 24.6 Å². The molecule has 174 valence electrons. The van der Waals surface area contributed by atoms with Crippen molar-refractivity contribution in [3.63, 3.8) is 0 Å². The summed E-state index contributed by atoms with van der Waals surface area (Å²) in [4.78, 5) is 4.99. The van der Waals surface area contributed by atoms with E-state index in [4.69, 9.17) is 14.1 Å². The first-order valence-corrected chi connectivity index (χ1v) is 12.0. The van der Waals surface area contributed by atoms with Gasteiger partial charge in [0.05, 0.1) is 11.0 Å². The Balaban J connectivity index is 1.48. The molecule has 1 aliphatic heterocycles. The average molecular weight is 463 g/mol. The summed E-state index contributed by atoms with van der Waals surface area (Å²) in [6.07, 6.45) is 5.29. The van der Waals surface area contributed by atoms with Crippen molar-refractivity contribution in [1.29, 1.82) is 0 Å². The van der Waals surface area contributed by atoms with E-state index >= 15 is 0 Å². The van der Waals surface area contributed by atoms with Crippen LogP contribution < -0.4 is 4.74 Å². The molecule has 0 amide bonds. The Morgan fingerprint density at radius 2 is 1.94 bits per heavy atom. The van der Waals surface area contributed by atoms with Gasteiger partial charge in [-0.25, -0.2) is 4.98 Å². The van der Waals surface area contributed by atoms with Crippen LogP contribution in [0.1, 0.15) is 52.9 Å². The summed E-state index contributed by atoms with van der Waals surface area (Å²) in [6, 6.07) is 21.1. The van der Waals surface area contributed by atoms with Gasteiger partial charge >= 0.3 is 0 Å². The molecule has 6 nitrogen and oxygen atoms in total. The Morgan fingerprint density at radius 3 is 2.80 bits per heavy atom. The number of aryl methyl sites for hydroxylation is 2. The van der Waals surface area contributed by atoms with E-state index in [1.807, 2.05) is 18.2 Å². The van der Waals surface area contributed by atoms with Gasteiger partial charge in [0.15, 0.2) is 0 Å². The number of imidazole rings is 1. The molecule has 5 aromatic rings. The van der Waals surface area contributed by atoms with E-state index in [0.29, 0.717) is 12.5 Å². The number of ether oxygens (including phenoxy) is 1. The van der Waals surface area contributed by atoms with E-state index in [0.717, 1.165) is 58.7 Å². The van der Waals surface area contributed by atoms with E-state index < -0.39 is 0 Å². The molecule has 3 heterocycles. The molecule has 3 aromatic carbocycles. The van der Waals surface area contributed by atoms with Gasteiger partial charge in [0.2, 0.25) is 12.3 Å². The van der Waals surface area contributed by atoms with Crippen LogP contribution in [0.4, 0.5) is 0 Å². The van der Waals surface area contributed by atoms with Crippen molar-refractivity contribution in [2.75, 3.05) is 0 Å². The van der Waals surface area contributed by atoms with Crippen molar-refractivity contribution in [2.24, 2.45) is 0 Å². The smallest absolute Gasteiger partial charge is 0.240 e. The molecule has 0 fully saturated rings. The Morgan fingerprint density at radius 1 is 1.03 bits per heavy atom. The number of aromatic nitrogens is 4. The Labute approximate surface area is 203 Å².